The Morgan fingerprint density at radius 3 is 1.45 bits per heavy atom. The lowest BCUT2D eigenvalue weighted by Gasteiger charge is -2.08. The first-order valence-electron chi connectivity index (χ1n) is 10.9. The van der Waals surface area contributed by atoms with Crippen molar-refractivity contribution < 1.29 is 8.83 Å². The van der Waals surface area contributed by atoms with Gasteiger partial charge in [0.1, 0.15) is 22.3 Å². The Morgan fingerprint density at radius 1 is 0.394 bits per heavy atom. The van der Waals surface area contributed by atoms with Crippen molar-refractivity contribution >= 4 is 55.5 Å². The van der Waals surface area contributed by atoms with Gasteiger partial charge in [0.15, 0.2) is 0 Å². The third kappa shape index (κ3) is 2.68. The number of benzene rings is 5. The van der Waals surface area contributed by atoms with Crippen molar-refractivity contribution in [3.8, 4) is 22.3 Å². The minimum atomic E-state index is 0.688. The van der Waals surface area contributed by atoms with Crippen LogP contribution in [0.2, 0.25) is 5.02 Å². The van der Waals surface area contributed by atoms with Crippen LogP contribution in [0.3, 0.4) is 0 Å². The van der Waals surface area contributed by atoms with Gasteiger partial charge in [-0.25, -0.2) is 0 Å². The van der Waals surface area contributed by atoms with E-state index in [4.69, 9.17) is 20.4 Å². The predicted molar refractivity (Wildman–Crippen MR) is 137 cm³/mol. The number of halogens is 1. The molecule has 3 heteroatoms. The third-order valence-corrected chi connectivity index (χ3v) is 6.68. The van der Waals surface area contributed by atoms with Gasteiger partial charge in [-0.05, 0) is 52.6 Å². The van der Waals surface area contributed by atoms with Gasteiger partial charge in [-0.2, -0.15) is 0 Å². The van der Waals surface area contributed by atoms with E-state index in [1.807, 2.05) is 54.6 Å². The Kier molecular flexibility index (Phi) is 3.93. The molecule has 2 heterocycles. The lowest BCUT2D eigenvalue weighted by Crippen LogP contribution is -1.84. The molecule has 0 bridgehead atoms. The topological polar surface area (TPSA) is 26.3 Å². The minimum Gasteiger partial charge on any atom is -0.456 e. The van der Waals surface area contributed by atoms with Crippen molar-refractivity contribution in [2.75, 3.05) is 0 Å². The van der Waals surface area contributed by atoms with Crippen molar-refractivity contribution in [3.63, 3.8) is 0 Å². The molecule has 2 aromatic heterocycles. The normalized spacial score (nSPS) is 11.8. The number of hydrogen-bond acceptors (Lipinski definition) is 2. The summed E-state index contributed by atoms with van der Waals surface area (Å²) in [7, 11) is 0. The Morgan fingerprint density at radius 2 is 0.848 bits per heavy atom. The Hall–Kier alpha value is -4.01. The van der Waals surface area contributed by atoms with Crippen molar-refractivity contribution in [1.82, 2.24) is 0 Å². The molecular formula is C30H17ClO2. The molecule has 0 unspecified atom stereocenters. The molecule has 0 spiro atoms. The molecule has 0 aliphatic rings. The summed E-state index contributed by atoms with van der Waals surface area (Å²) in [5, 5.41) is 4.87. The molecule has 0 N–H and O–H groups in total. The molecule has 0 atom stereocenters. The van der Waals surface area contributed by atoms with Crippen LogP contribution < -0.4 is 0 Å². The molecule has 5 aromatic carbocycles. The van der Waals surface area contributed by atoms with E-state index in [0.717, 1.165) is 66.1 Å². The fourth-order valence-electron chi connectivity index (χ4n) is 5.00. The van der Waals surface area contributed by atoms with Crippen LogP contribution in [0.25, 0.3) is 66.1 Å². The number of rotatable bonds is 2. The molecule has 156 valence electrons. The van der Waals surface area contributed by atoms with Crippen LogP contribution >= 0.6 is 11.6 Å². The van der Waals surface area contributed by atoms with E-state index in [-0.39, 0.29) is 0 Å². The van der Waals surface area contributed by atoms with Crippen LogP contribution in [0.1, 0.15) is 0 Å². The quantitative estimate of drug-likeness (QED) is 0.265. The number of fused-ring (bicyclic) bond motifs is 6. The summed E-state index contributed by atoms with van der Waals surface area (Å²) in [5.74, 6) is 0. The van der Waals surface area contributed by atoms with Crippen molar-refractivity contribution in [2.24, 2.45) is 0 Å². The molecule has 0 saturated heterocycles. The predicted octanol–water partition coefficient (Wildman–Crippen LogP) is 9.47. The summed E-state index contributed by atoms with van der Waals surface area (Å²) in [6.07, 6.45) is 0. The molecule has 0 fully saturated rings. The maximum atomic E-state index is 6.66. The Balaban J connectivity index is 1.65. The van der Waals surface area contributed by atoms with E-state index in [0.29, 0.717) is 5.02 Å². The maximum absolute atomic E-state index is 6.66. The summed E-state index contributed by atoms with van der Waals surface area (Å²) >= 11 is 6.66. The second-order valence-corrected chi connectivity index (χ2v) is 8.63. The van der Waals surface area contributed by atoms with E-state index in [2.05, 4.69) is 48.5 Å². The lowest BCUT2D eigenvalue weighted by molar-refractivity contribution is 0.668. The molecule has 33 heavy (non-hydrogen) atoms. The first-order chi connectivity index (χ1) is 16.3. The molecule has 7 rings (SSSR count). The second kappa shape index (κ2) is 6.99. The van der Waals surface area contributed by atoms with E-state index in [9.17, 15) is 0 Å². The zero-order chi connectivity index (χ0) is 21.9. The first-order valence-corrected chi connectivity index (χ1v) is 11.3. The number of hydrogen-bond donors (Lipinski definition) is 0. The van der Waals surface area contributed by atoms with Crippen LogP contribution in [0.4, 0.5) is 0 Å². The van der Waals surface area contributed by atoms with Gasteiger partial charge in [-0.3, -0.25) is 0 Å². The highest BCUT2D eigenvalue weighted by Crippen LogP contribution is 2.45. The van der Waals surface area contributed by atoms with Crippen LogP contribution in [-0.4, -0.2) is 0 Å². The molecule has 7 aromatic rings. The van der Waals surface area contributed by atoms with Crippen LogP contribution in [-0.2, 0) is 0 Å². The Bertz CT molecular complexity index is 1820. The van der Waals surface area contributed by atoms with Gasteiger partial charge in [0.2, 0.25) is 0 Å². The summed E-state index contributed by atoms with van der Waals surface area (Å²) in [4.78, 5) is 0. The minimum absolute atomic E-state index is 0.688. The maximum Gasteiger partial charge on any atom is 0.136 e. The summed E-state index contributed by atoms with van der Waals surface area (Å²) < 4.78 is 12.5. The summed E-state index contributed by atoms with van der Waals surface area (Å²) in [6.45, 7) is 0. The average Bonchev–Trinajstić information content (AvgIpc) is 3.43. The largest absolute Gasteiger partial charge is 0.456 e. The second-order valence-electron chi connectivity index (χ2n) is 8.22. The molecular weight excluding hydrogens is 428 g/mol. The van der Waals surface area contributed by atoms with Gasteiger partial charge < -0.3 is 8.83 Å². The van der Waals surface area contributed by atoms with Gasteiger partial charge >= 0.3 is 0 Å². The highest BCUT2D eigenvalue weighted by molar-refractivity contribution is 6.38. The summed E-state index contributed by atoms with van der Waals surface area (Å²) in [5.41, 5.74) is 7.85. The highest BCUT2D eigenvalue weighted by Gasteiger charge is 2.20. The van der Waals surface area contributed by atoms with Crippen molar-refractivity contribution in [1.29, 1.82) is 0 Å². The molecule has 0 radical (unpaired) electrons. The highest BCUT2D eigenvalue weighted by atomic mass is 35.5. The van der Waals surface area contributed by atoms with Crippen LogP contribution in [0.5, 0.6) is 0 Å². The SMILES string of the molecule is Clc1cccc2oc3cccc(-c4cccc5oc6cccc(-c7ccccc7)c6c45)c3c12. The van der Waals surface area contributed by atoms with Crippen molar-refractivity contribution in [2.45, 2.75) is 0 Å². The molecule has 0 aliphatic heterocycles. The van der Waals surface area contributed by atoms with Gasteiger partial charge in [-0.1, -0.05) is 84.4 Å². The van der Waals surface area contributed by atoms with E-state index in [1.54, 1.807) is 0 Å². The van der Waals surface area contributed by atoms with Crippen LogP contribution in [0.15, 0.2) is 112 Å². The monoisotopic (exact) mass is 444 g/mol. The third-order valence-electron chi connectivity index (χ3n) is 6.37. The fraction of sp³-hybridized carbons (Fsp3) is 0. The average molecular weight is 445 g/mol. The van der Waals surface area contributed by atoms with Gasteiger partial charge in [0.05, 0.1) is 5.02 Å². The number of furan rings is 2. The van der Waals surface area contributed by atoms with E-state index < -0.39 is 0 Å². The summed E-state index contributed by atoms with van der Waals surface area (Å²) in [6, 6.07) is 34.9. The van der Waals surface area contributed by atoms with Gasteiger partial charge in [-0.15, -0.1) is 0 Å². The Labute approximate surface area is 194 Å². The molecule has 2 nitrogen and oxygen atoms in total. The van der Waals surface area contributed by atoms with Crippen LogP contribution in [0, 0.1) is 0 Å². The standard InChI is InChI=1S/C30H17ClO2/c31-22-13-7-17-26-30(22)29-21(12-6-16-25(29)33-26)20-11-5-15-24-28(20)27-19(10-4-14-23(27)32-24)18-8-2-1-3-9-18/h1-17H. The van der Waals surface area contributed by atoms with E-state index in [1.165, 1.54) is 0 Å². The van der Waals surface area contributed by atoms with Gasteiger partial charge in [0.25, 0.3) is 0 Å². The molecule has 0 amide bonds. The fourth-order valence-corrected chi connectivity index (χ4v) is 5.26. The zero-order valence-corrected chi connectivity index (χ0v) is 18.3. The van der Waals surface area contributed by atoms with Gasteiger partial charge in [0, 0.05) is 21.5 Å². The molecule has 0 aliphatic carbocycles. The van der Waals surface area contributed by atoms with Crippen molar-refractivity contribution in [3.05, 3.63) is 108 Å². The zero-order valence-electron chi connectivity index (χ0n) is 17.5. The van der Waals surface area contributed by atoms with E-state index >= 15 is 0 Å². The lowest BCUT2D eigenvalue weighted by atomic mass is 9.93. The molecule has 0 saturated carbocycles. The first kappa shape index (κ1) is 18.6. The smallest absolute Gasteiger partial charge is 0.136 e.